The van der Waals surface area contributed by atoms with Crippen molar-refractivity contribution in [1.82, 2.24) is 4.57 Å². The predicted molar refractivity (Wildman–Crippen MR) is 386 cm³/mol. The first-order valence-corrected chi connectivity index (χ1v) is 31.1. The molecule has 1 aromatic heterocycles. The van der Waals surface area contributed by atoms with Gasteiger partial charge in [-0.3, -0.25) is 0 Å². The van der Waals surface area contributed by atoms with Gasteiger partial charge in [0, 0.05) is 57.1 Å². The Kier molecular flexibility index (Phi) is 14.4. The van der Waals surface area contributed by atoms with Crippen LogP contribution < -0.4 is 26.2 Å². The first kappa shape index (κ1) is 57.0. The lowest BCUT2D eigenvalue weighted by molar-refractivity contribution is 0.590. The molecule has 11 aromatic carbocycles. The van der Waals surface area contributed by atoms with Crippen LogP contribution in [0.25, 0.3) is 72.0 Å². The number of nitrogens with one attached hydrogen (secondary N) is 2. The van der Waals surface area contributed by atoms with E-state index < -0.39 is 0 Å². The molecule has 2 aliphatic heterocycles. The predicted octanol–water partition coefficient (Wildman–Crippen LogP) is 19.7. The molecule has 0 unspecified atom stereocenters. The highest BCUT2D eigenvalue weighted by Crippen LogP contribution is 2.50. The second-order valence-electron chi connectivity index (χ2n) is 25.8. The maximum Gasteiger partial charge on any atom is 0.252 e. The van der Waals surface area contributed by atoms with Gasteiger partial charge in [-0.2, -0.15) is 0 Å². The third-order valence-electron chi connectivity index (χ3n) is 18.2. The molecule has 0 aliphatic carbocycles. The van der Waals surface area contributed by atoms with Crippen molar-refractivity contribution >= 4 is 102 Å². The van der Waals surface area contributed by atoms with Crippen molar-refractivity contribution in [2.45, 2.75) is 52.4 Å². The van der Waals surface area contributed by atoms with Gasteiger partial charge in [0.1, 0.15) is 0 Å². The van der Waals surface area contributed by atoms with Crippen molar-refractivity contribution in [3.05, 3.63) is 325 Å². The molecule has 14 rings (SSSR count). The molecule has 90 heavy (non-hydrogen) atoms. The van der Waals surface area contributed by atoms with Crippen LogP contribution in [0.5, 0.6) is 0 Å². The molecule has 5 nitrogen and oxygen atoms in total. The van der Waals surface area contributed by atoms with Gasteiger partial charge in [0.05, 0.1) is 28.1 Å². The molecule has 0 bridgehead atoms. The summed E-state index contributed by atoms with van der Waals surface area (Å²) in [4.78, 5) is 4.87. The van der Waals surface area contributed by atoms with Crippen molar-refractivity contribution in [2.24, 2.45) is 0 Å². The standard InChI is InChI=1S/C84H70BN5/c1-55(57-27-13-9-14-28-57)81(70(53-86)59-31-17-11-18-32-59)89-76-45-43-63(61-35-25-37-65(47-61)83(3,4)5)49-72(76)85-73-50-64(62-36-26-38-66(48-62)84(6,7)8)44-46-77(73)90(82(56(2)58-29-15-10-16-30-58)71(54-87)60-33-19-12-20-34-60)79-52-67(51-78(89)80(79)85)88-74-41-23-21-39-68(74)69-40-22-24-42-75(69)88/h9-54,86-87H,1-2H2,3-8H3/b81-70-,82-71-,86-53?,87-54?. The summed E-state index contributed by atoms with van der Waals surface area (Å²) in [7, 11) is 0. The molecule has 0 spiro atoms. The van der Waals surface area contributed by atoms with Gasteiger partial charge in [0.2, 0.25) is 0 Å². The Hall–Kier alpha value is -10.8. The van der Waals surface area contributed by atoms with Crippen LogP contribution in [-0.4, -0.2) is 23.7 Å². The van der Waals surface area contributed by atoms with E-state index in [-0.39, 0.29) is 17.5 Å². The van der Waals surface area contributed by atoms with E-state index in [1.807, 2.05) is 24.3 Å². The minimum absolute atomic E-state index is 0.0858. The minimum atomic E-state index is -0.367. The summed E-state index contributed by atoms with van der Waals surface area (Å²) in [6.07, 6.45) is 3.03. The van der Waals surface area contributed by atoms with Gasteiger partial charge in [-0.25, -0.2) is 0 Å². The normalized spacial score (nSPS) is 13.2. The summed E-state index contributed by atoms with van der Waals surface area (Å²) in [5.41, 5.74) is 25.2. The molecule has 6 heteroatoms. The van der Waals surface area contributed by atoms with E-state index in [0.29, 0.717) is 11.1 Å². The smallest absolute Gasteiger partial charge is 0.252 e. The molecule has 0 atom stereocenters. The first-order chi connectivity index (χ1) is 43.7. The number of benzene rings is 11. The third kappa shape index (κ3) is 9.86. The van der Waals surface area contributed by atoms with Crippen LogP contribution in [0.4, 0.5) is 22.7 Å². The van der Waals surface area contributed by atoms with Crippen molar-refractivity contribution in [1.29, 1.82) is 10.8 Å². The van der Waals surface area contributed by atoms with Gasteiger partial charge < -0.3 is 25.2 Å². The summed E-state index contributed by atoms with van der Waals surface area (Å²) in [6.45, 7) is 23.5. The SMILES string of the molecule is C=C(/C(=C(\C=N)c1ccccc1)N1c2ccc(-c3cccc(C(C)(C)C)c3)cc2B2c3cc(-c4cccc(C(C)(C)C)c4)ccc3N(/C(C(=C)c3ccccc3)=C(/C=N)c3ccccc3)c3cc(-n4c5ccccc5c5ccccc54)cc1c32)c1ccccc1. The molecule has 434 valence electrons. The van der Waals surface area contributed by atoms with E-state index in [2.05, 4.69) is 299 Å². The number of aromatic nitrogens is 1. The highest BCUT2D eigenvalue weighted by molar-refractivity contribution is 7.00. The number of rotatable bonds is 13. The highest BCUT2D eigenvalue weighted by atomic mass is 15.2. The maximum absolute atomic E-state index is 9.68. The molecule has 0 radical (unpaired) electrons. The first-order valence-electron chi connectivity index (χ1n) is 31.1. The summed E-state index contributed by atoms with van der Waals surface area (Å²) in [5, 5.41) is 21.6. The zero-order valence-electron chi connectivity index (χ0n) is 51.9. The van der Waals surface area contributed by atoms with E-state index in [4.69, 9.17) is 13.2 Å². The number of hydrogen-bond donors (Lipinski definition) is 2. The lowest BCUT2D eigenvalue weighted by atomic mass is 9.33. The maximum atomic E-state index is 9.68. The number of anilines is 4. The monoisotopic (exact) mass is 1160 g/mol. The van der Waals surface area contributed by atoms with Gasteiger partial charge in [-0.05, 0) is 130 Å². The fourth-order valence-corrected chi connectivity index (χ4v) is 13.7. The molecule has 3 heterocycles. The molecule has 12 aromatic rings. The Morgan fingerprint density at radius 1 is 0.367 bits per heavy atom. The summed E-state index contributed by atoms with van der Waals surface area (Å²) in [6, 6.07) is 95.9. The van der Waals surface area contributed by atoms with Crippen LogP contribution in [0.15, 0.2) is 291 Å². The molecule has 0 saturated heterocycles. The number of nitrogens with zero attached hydrogens (tertiary/aromatic N) is 3. The van der Waals surface area contributed by atoms with E-state index in [1.165, 1.54) is 23.6 Å². The fourth-order valence-electron chi connectivity index (χ4n) is 13.7. The van der Waals surface area contributed by atoms with Crippen LogP contribution in [0.3, 0.4) is 0 Å². The zero-order chi connectivity index (χ0) is 62.0. The van der Waals surface area contributed by atoms with Crippen LogP contribution in [0.2, 0.25) is 0 Å². The van der Waals surface area contributed by atoms with Crippen molar-refractivity contribution in [2.75, 3.05) is 9.80 Å². The highest BCUT2D eigenvalue weighted by Gasteiger charge is 2.46. The quantitative estimate of drug-likeness (QED) is 0.0687. The van der Waals surface area contributed by atoms with Crippen LogP contribution in [-0.2, 0) is 10.8 Å². The Balaban J connectivity index is 1.20. The molecular formula is C84H70BN5. The van der Waals surface area contributed by atoms with Gasteiger partial charge >= 0.3 is 0 Å². The summed E-state index contributed by atoms with van der Waals surface area (Å²) < 4.78 is 2.42. The Morgan fingerprint density at radius 3 is 1.10 bits per heavy atom. The summed E-state index contributed by atoms with van der Waals surface area (Å²) >= 11 is 0. The van der Waals surface area contributed by atoms with E-state index in [1.54, 1.807) is 0 Å². The number of hydrogen-bond acceptors (Lipinski definition) is 4. The largest absolute Gasteiger partial charge is 0.310 e. The molecule has 0 amide bonds. The fraction of sp³-hybridized carbons (Fsp3) is 0.0952. The molecule has 0 fully saturated rings. The topological polar surface area (TPSA) is 59.1 Å². The lowest BCUT2D eigenvalue weighted by Gasteiger charge is -2.46. The van der Waals surface area contributed by atoms with Crippen LogP contribution in [0.1, 0.15) is 74.9 Å². The van der Waals surface area contributed by atoms with Gasteiger partial charge in [-0.15, -0.1) is 0 Å². The zero-order valence-corrected chi connectivity index (χ0v) is 51.9. The molecule has 2 aliphatic rings. The second kappa shape index (κ2) is 22.7. The van der Waals surface area contributed by atoms with Crippen LogP contribution in [0, 0.1) is 10.8 Å². The average molecular weight is 1160 g/mol. The van der Waals surface area contributed by atoms with Gasteiger partial charge in [0.25, 0.3) is 6.71 Å². The molecule has 0 saturated carbocycles. The van der Waals surface area contributed by atoms with E-state index in [9.17, 15) is 10.8 Å². The van der Waals surface area contributed by atoms with Gasteiger partial charge in [0.15, 0.2) is 0 Å². The van der Waals surface area contributed by atoms with Crippen molar-refractivity contribution < 1.29 is 0 Å². The van der Waals surface area contributed by atoms with Gasteiger partial charge in [-0.1, -0.05) is 285 Å². The third-order valence-corrected chi connectivity index (χ3v) is 18.2. The number of fused-ring (bicyclic) bond motifs is 7. The second-order valence-corrected chi connectivity index (χ2v) is 25.8. The lowest BCUT2D eigenvalue weighted by Crippen LogP contribution is -2.62. The number of para-hydroxylation sites is 2. The summed E-state index contributed by atoms with van der Waals surface area (Å²) in [5.74, 6) is 0. The van der Waals surface area contributed by atoms with Crippen molar-refractivity contribution in [3.8, 4) is 27.9 Å². The van der Waals surface area contributed by atoms with Crippen LogP contribution >= 0.6 is 0 Å². The average Bonchev–Trinajstić information content (AvgIpc) is 0.770. The van der Waals surface area contributed by atoms with E-state index >= 15 is 0 Å². The molecular weight excluding hydrogens is 1090 g/mol. The molecule has 2 N–H and O–H groups in total. The number of allylic oxidation sites excluding steroid dienone is 4. The van der Waals surface area contributed by atoms with E-state index in [0.717, 1.165) is 134 Å². The van der Waals surface area contributed by atoms with Crippen molar-refractivity contribution in [3.63, 3.8) is 0 Å². The minimum Gasteiger partial charge on any atom is -0.310 e. The Labute approximate surface area is 529 Å². The Bertz CT molecular complexity index is 4620. The Morgan fingerprint density at radius 2 is 0.722 bits per heavy atom.